The molecule has 0 bridgehead atoms. The molecule has 0 rings (SSSR count). The van der Waals surface area contributed by atoms with Gasteiger partial charge in [0, 0.05) is 8.62 Å². The summed E-state index contributed by atoms with van der Waals surface area (Å²) in [7, 11) is 0. The molecule has 0 aliphatic rings. The first-order chi connectivity index (χ1) is 3.06. The number of hydrogen-bond acceptors (Lipinski definition) is 0. The summed E-state index contributed by atoms with van der Waals surface area (Å²) in [4.78, 5) is 0. The zero-order chi connectivity index (χ0) is 5.91. The van der Waals surface area contributed by atoms with Gasteiger partial charge in [-0.2, -0.15) is 0 Å². The molecule has 0 nitrogen and oxygen atoms in total. The first-order valence-electron chi connectivity index (χ1n) is 2.62. The van der Waals surface area contributed by atoms with Crippen LogP contribution in [0.2, 0.25) is 0 Å². The minimum Gasteiger partial charge on any atom is -0.127 e. The first-order valence-corrected chi connectivity index (χ1v) is 2.16. The van der Waals surface area contributed by atoms with Crippen molar-refractivity contribution < 1.29 is 2.74 Å². The molecule has 0 aliphatic heterocycles. The monoisotopic (exact) mass is 94.1 g/mol. The van der Waals surface area contributed by atoms with Gasteiger partial charge in [0.05, 0.1) is 0 Å². The molecule has 0 saturated heterocycles. The Hall–Kier alpha value is 0.290. The van der Waals surface area contributed by atoms with Crippen molar-refractivity contribution in [2.24, 2.45) is 0 Å². The fourth-order valence-electron chi connectivity index (χ4n) is 0.0945. The number of hydrogen-bond donors (Lipinski definition) is 0. The van der Waals surface area contributed by atoms with Crippen LogP contribution in [0, 0.1) is 0 Å². The lowest BCUT2D eigenvalue weighted by Crippen LogP contribution is -1.65. The van der Waals surface area contributed by atoms with Crippen molar-refractivity contribution in [3.8, 4) is 0 Å². The summed E-state index contributed by atoms with van der Waals surface area (Å²) in [6.45, 7) is 1.52. The molecule has 0 spiro atoms. The quantitative estimate of drug-likeness (QED) is 0.460. The van der Waals surface area contributed by atoms with Gasteiger partial charge in [0.25, 0.3) is 0 Å². The smallest absolute Gasteiger partial charge is 0.0264 e. The van der Waals surface area contributed by atoms with Gasteiger partial charge < -0.3 is 0 Å². The van der Waals surface area contributed by atoms with Gasteiger partial charge in [-0.25, -0.2) is 0 Å². The molecule has 0 radical (unpaired) electrons. The highest BCUT2D eigenvalue weighted by atomic mass is 35.5. The molecule has 0 aliphatic carbocycles. The van der Waals surface area contributed by atoms with E-state index in [9.17, 15) is 0 Å². The lowest BCUT2D eigenvalue weighted by molar-refractivity contribution is 0.892. The number of alkyl halides is 1. The van der Waals surface area contributed by atoms with Crippen molar-refractivity contribution in [2.45, 2.75) is 19.7 Å². The van der Waals surface area contributed by atoms with Crippen molar-refractivity contribution >= 4 is 11.6 Å². The molecule has 0 unspecified atom stereocenters. The molecular weight excluding hydrogens is 83.5 g/mol. The SMILES string of the molecule is [2H]C([2H])(C)CCCl. The second-order valence-corrected chi connectivity index (χ2v) is 1.17. The highest BCUT2D eigenvalue weighted by Gasteiger charge is 1.70. The Kier molecular flexibility index (Phi) is 2.11. The van der Waals surface area contributed by atoms with E-state index in [1.54, 1.807) is 0 Å². The molecule has 5 heavy (non-hydrogen) atoms. The first kappa shape index (κ1) is 2.46. The number of rotatable bonds is 2. The van der Waals surface area contributed by atoms with Crippen molar-refractivity contribution in [1.29, 1.82) is 0 Å². The number of halogens is 1. The normalized spacial score (nSPS) is 17.2. The predicted molar refractivity (Wildman–Crippen MR) is 25.6 cm³/mol. The molecule has 0 N–H and O–H groups in total. The Labute approximate surface area is 40.9 Å². The highest BCUT2D eigenvalue weighted by molar-refractivity contribution is 6.17. The van der Waals surface area contributed by atoms with Crippen LogP contribution in [-0.4, -0.2) is 5.88 Å². The third-order valence-corrected chi connectivity index (χ3v) is 0.533. The minimum atomic E-state index is -1.08. The molecule has 0 aromatic rings. The molecule has 0 fully saturated rings. The van der Waals surface area contributed by atoms with Gasteiger partial charge in [-0.05, 0) is 6.42 Å². The van der Waals surface area contributed by atoms with Crippen molar-refractivity contribution in [2.75, 3.05) is 5.88 Å². The van der Waals surface area contributed by atoms with Crippen LogP contribution in [-0.2, 0) is 0 Å². The maximum absolute atomic E-state index is 6.91. The average Bonchev–Trinajstić information content (AvgIpc) is 1.30. The third-order valence-electron chi connectivity index (χ3n) is 0.344. The van der Waals surface area contributed by atoms with Crippen LogP contribution in [0.15, 0.2) is 0 Å². The zero-order valence-electron chi connectivity index (χ0n) is 5.29. The van der Waals surface area contributed by atoms with Gasteiger partial charge in [-0.15, -0.1) is 11.6 Å². The molecule has 0 heterocycles. The molecule has 0 atom stereocenters. The lowest BCUT2D eigenvalue weighted by Gasteiger charge is -1.77. The van der Waals surface area contributed by atoms with E-state index < -0.39 is 6.37 Å². The van der Waals surface area contributed by atoms with Crippen LogP contribution in [0.3, 0.4) is 0 Å². The Morgan fingerprint density at radius 1 is 2.00 bits per heavy atom. The van der Waals surface area contributed by atoms with E-state index in [2.05, 4.69) is 0 Å². The summed E-state index contributed by atoms with van der Waals surface area (Å²) >= 11 is 5.25. The van der Waals surface area contributed by atoms with Gasteiger partial charge in [-0.1, -0.05) is 13.3 Å². The van der Waals surface area contributed by atoms with E-state index in [-0.39, 0.29) is 0 Å². The van der Waals surface area contributed by atoms with Crippen LogP contribution in [0.1, 0.15) is 22.5 Å². The summed E-state index contributed by atoms with van der Waals surface area (Å²) in [5.74, 6) is 0.406. The van der Waals surface area contributed by atoms with Crippen LogP contribution in [0.25, 0.3) is 0 Å². The lowest BCUT2D eigenvalue weighted by atomic mass is 10.4. The maximum atomic E-state index is 6.91. The van der Waals surface area contributed by atoms with E-state index in [4.69, 9.17) is 14.3 Å². The second kappa shape index (κ2) is 4.29. The standard InChI is InChI=1S/C4H9Cl/c1-2-3-4-5/h2-4H2,1H3/i2D2. The van der Waals surface area contributed by atoms with Crippen LogP contribution in [0.4, 0.5) is 0 Å². The maximum Gasteiger partial charge on any atom is 0.0264 e. The highest BCUT2D eigenvalue weighted by Crippen LogP contribution is 1.86. The molecule has 0 saturated carbocycles. The zero-order valence-corrected chi connectivity index (χ0v) is 4.05. The Morgan fingerprint density at radius 3 is 2.60 bits per heavy atom. The molecule has 32 valence electrons. The summed E-state index contributed by atoms with van der Waals surface area (Å²) in [5.41, 5.74) is 0. The Morgan fingerprint density at radius 2 is 2.60 bits per heavy atom. The molecule has 0 aromatic heterocycles. The van der Waals surface area contributed by atoms with Gasteiger partial charge in [-0.3, -0.25) is 0 Å². The average molecular weight is 94.6 g/mol. The van der Waals surface area contributed by atoms with Crippen LogP contribution in [0.5, 0.6) is 0 Å². The van der Waals surface area contributed by atoms with E-state index in [0.29, 0.717) is 12.3 Å². The van der Waals surface area contributed by atoms with E-state index >= 15 is 0 Å². The predicted octanol–water partition coefficient (Wildman–Crippen LogP) is 2.03. The third kappa shape index (κ3) is 4.29. The largest absolute Gasteiger partial charge is 0.127 e. The van der Waals surface area contributed by atoms with Gasteiger partial charge in [0.2, 0.25) is 0 Å². The van der Waals surface area contributed by atoms with Crippen molar-refractivity contribution in [3.05, 3.63) is 0 Å². The van der Waals surface area contributed by atoms with Crippen molar-refractivity contribution in [1.82, 2.24) is 0 Å². The van der Waals surface area contributed by atoms with Crippen LogP contribution < -0.4 is 0 Å². The molecule has 1 heteroatoms. The van der Waals surface area contributed by atoms with E-state index in [1.165, 1.54) is 6.92 Å². The summed E-state index contributed by atoms with van der Waals surface area (Å²) in [5, 5.41) is 0. The summed E-state index contributed by atoms with van der Waals surface area (Å²) < 4.78 is 13.8. The molecular formula is C4H9Cl. The molecule has 0 amide bonds. The molecule has 0 aromatic carbocycles. The Bertz CT molecular complexity index is 48.1. The summed E-state index contributed by atoms with van der Waals surface area (Å²) in [6, 6.07) is 0. The van der Waals surface area contributed by atoms with E-state index in [1.807, 2.05) is 0 Å². The second-order valence-electron chi connectivity index (χ2n) is 0.793. The Balaban J connectivity index is 3.15. The van der Waals surface area contributed by atoms with E-state index in [0.717, 1.165) is 0 Å². The fraction of sp³-hybridized carbons (Fsp3) is 1.00. The minimum absolute atomic E-state index is 0.406. The topological polar surface area (TPSA) is 0 Å². The van der Waals surface area contributed by atoms with Gasteiger partial charge in [0.15, 0.2) is 0 Å². The van der Waals surface area contributed by atoms with Gasteiger partial charge >= 0.3 is 0 Å². The van der Waals surface area contributed by atoms with Crippen LogP contribution >= 0.6 is 11.6 Å². The van der Waals surface area contributed by atoms with Crippen molar-refractivity contribution in [3.63, 3.8) is 0 Å². The summed E-state index contributed by atoms with van der Waals surface area (Å²) in [6.07, 6.45) is -0.643. The fourth-order valence-corrected chi connectivity index (χ4v) is 0.283. The van der Waals surface area contributed by atoms with Gasteiger partial charge in [0.1, 0.15) is 0 Å².